The average Bonchev–Trinajstić information content (AvgIpc) is 2.47. The molecule has 1 amide bonds. The van der Waals surface area contributed by atoms with Crippen LogP contribution in [0.15, 0.2) is 24.3 Å². The highest BCUT2D eigenvalue weighted by Gasteiger charge is 2.16. The van der Waals surface area contributed by atoms with Crippen molar-refractivity contribution in [3.63, 3.8) is 0 Å². The van der Waals surface area contributed by atoms with Crippen LogP contribution in [-0.4, -0.2) is 19.0 Å². The first-order chi connectivity index (χ1) is 9.60. The number of benzene rings is 1. The Balaban J connectivity index is 2.00. The van der Waals surface area contributed by atoms with E-state index in [0.29, 0.717) is 6.42 Å². The Bertz CT molecular complexity index is 441. The van der Waals surface area contributed by atoms with Gasteiger partial charge in [-0.2, -0.15) is 0 Å². The third-order valence-corrected chi connectivity index (χ3v) is 4.11. The highest BCUT2D eigenvalue weighted by Crippen LogP contribution is 2.24. The Kier molecular flexibility index (Phi) is 5.05. The lowest BCUT2D eigenvalue weighted by atomic mass is 9.99. The van der Waals surface area contributed by atoms with Gasteiger partial charge in [-0.15, -0.1) is 0 Å². The molecule has 1 N–H and O–H groups in total. The van der Waals surface area contributed by atoms with Gasteiger partial charge in [-0.3, -0.25) is 4.79 Å². The molecule has 1 aromatic carbocycles. The summed E-state index contributed by atoms with van der Waals surface area (Å²) < 4.78 is 0. The van der Waals surface area contributed by atoms with Crippen LogP contribution in [-0.2, 0) is 4.79 Å². The van der Waals surface area contributed by atoms with Crippen molar-refractivity contribution in [2.75, 3.05) is 18.0 Å². The Labute approximate surface area is 122 Å². The predicted octanol–water partition coefficient (Wildman–Crippen LogP) is 3.51. The maximum Gasteiger partial charge on any atom is 0.220 e. The maximum absolute atomic E-state index is 11.4. The van der Waals surface area contributed by atoms with Gasteiger partial charge in [-0.1, -0.05) is 26.0 Å². The molecule has 1 aromatic rings. The average molecular weight is 274 g/mol. The zero-order valence-corrected chi connectivity index (χ0v) is 12.9. The molecule has 0 saturated carbocycles. The molecule has 3 heteroatoms. The summed E-state index contributed by atoms with van der Waals surface area (Å²) in [5.74, 6) is 0.887. The number of hydrogen-bond acceptors (Lipinski definition) is 2. The van der Waals surface area contributed by atoms with E-state index in [2.05, 4.69) is 41.4 Å². The van der Waals surface area contributed by atoms with Crippen LogP contribution >= 0.6 is 0 Å². The molecule has 1 heterocycles. The van der Waals surface area contributed by atoms with Gasteiger partial charge in [0, 0.05) is 25.2 Å². The fraction of sp³-hybridized carbons (Fsp3) is 0.588. The summed E-state index contributed by atoms with van der Waals surface area (Å²) in [6.07, 6.45) is 3.16. The minimum atomic E-state index is 0.0804. The molecule has 1 aliphatic heterocycles. The summed E-state index contributed by atoms with van der Waals surface area (Å²) in [5, 5.41) is 3.00. The van der Waals surface area contributed by atoms with Crippen LogP contribution < -0.4 is 10.2 Å². The number of piperidine rings is 1. The molecule has 2 atom stereocenters. The Morgan fingerprint density at radius 1 is 1.40 bits per heavy atom. The summed E-state index contributed by atoms with van der Waals surface area (Å²) >= 11 is 0. The van der Waals surface area contributed by atoms with Crippen LogP contribution in [0.3, 0.4) is 0 Å². The molecule has 2 rings (SSSR count). The zero-order chi connectivity index (χ0) is 14.5. The number of hydrogen-bond donors (Lipinski definition) is 1. The zero-order valence-electron chi connectivity index (χ0n) is 12.9. The molecule has 0 spiro atoms. The molecule has 3 nitrogen and oxygen atoms in total. The van der Waals surface area contributed by atoms with E-state index in [9.17, 15) is 4.79 Å². The minimum Gasteiger partial charge on any atom is -0.371 e. The lowest BCUT2D eigenvalue weighted by Crippen LogP contribution is -2.34. The molecule has 1 fully saturated rings. The Morgan fingerprint density at radius 3 is 2.70 bits per heavy atom. The van der Waals surface area contributed by atoms with Gasteiger partial charge in [0.2, 0.25) is 5.91 Å². The molecule has 0 radical (unpaired) electrons. The van der Waals surface area contributed by atoms with E-state index in [4.69, 9.17) is 0 Å². The van der Waals surface area contributed by atoms with Crippen molar-refractivity contribution in [2.24, 2.45) is 5.92 Å². The first-order valence-electron chi connectivity index (χ1n) is 7.74. The third kappa shape index (κ3) is 3.75. The van der Waals surface area contributed by atoms with Gasteiger partial charge < -0.3 is 10.2 Å². The van der Waals surface area contributed by atoms with E-state index in [-0.39, 0.29) is 11.9 Å². The standard InChI is InChI=1S/C17H26N2O/c1-4-17(20)18-14(3)15-7-9-16(10-8-15)19-11-5-6-13(2)12-19/h7-10,13-14H,4-6,11-12H2,1-3H3,(H,18,20)/t13-,14+/m0/s1. The van der Waals surface area contributed by atoms with E-state index in [1.54, 1.807) is 0 Å². The van der Waals surface area contributed by atoms with Gasteiger partial charge in [0.1, 0.15) is 0 Å². The largest absolute Gasteiger partial charge is 0.371 e. The van der Waals surface area contributed by atoms with Crippen LogP contribution in [0.25, 0.3) is 0 Å². The molecule has 110 valence electrons. The van der Waals surface area contributed by atoms with Gasteiger partial charge in [-0.05, 0) is 43.4 Å². The number of rotatable bonds is 4. The van der Waals surface area contributed by atoms with Crippen molar-refractivity contribution in [3.05, 3.63) is 29.8 Å². The SMILES string of the molecule is CCC(=O)N[C@H](C)c1ccc(N2CCC[C@H](C)C2)cc1. The topological polar surface area (TPSA) is 32.3 Å². The molecule has 0 aliphatic carbocycles. The van der Waals surface area contributed by atoms with Gasteiger partial charge in [0.15, 0.2) is 0 Å². The number of amides is 1. The van der Waals surface area contributed by atoms with E-state index in [0.717, 1.165) is 19.0 Å². The molecular weight excluding hydrogens is 248 g/mol. The molecule has 0 unspecified atom stereocenters. The van der Waals surface area contributed by atoms with Crippen LogP contribution in [0.2, 0.25) is 0 Å². The predicted molar refractivity (Wildman–Crippen MR) is 83.9 cm³/mol. The van der Waals surface area contributed by atoms with Crippen molar-refractivity contribution in [2.45, 2.75) is 46.1 Å². The second-order valence-electron chi connectivity index (χ2n) is 5.93. The van der Waals surface area contributed by atoms with E-state index < -0.39 is 0 Å². The minimum absolute atomic E-state index is 0.0804. The molecule has 1 saturated heterocycles. The Morgan fingerprint density at radius 2 is 2.10 bits per heavy atom. The number of carbonyl (C=O) groups excluding carboxylic acids is 1. The summed E-state index contributed by atoms with van der Waals surface area (Å²) in [6.45, 7) is 8.55. The van der Waals surface area contributed by atoms with Crippen molar-refractivity contribution in [3.8, 4) is 0 Å². The number of nitrogens with zero attached hydrogens (tertiary/aromatic N) is 1. The van der Waals surface area contributed by atoms with Crippen molar-refractivity contribution >= 4 is 11.6 Å². The van der Waals surface area contributed by atoms with Crippen molar-refractivity contribution < 1.29 is 4.79 Å². The number of anilines is 1. The first-order valence-corrected chi connectivity index (χ1v) is 7.74. The van der Waals surface area contributed by atoms with E-state index >= 15 is 0 Å². The molecule has 0 aromatic heterocycles. The second-order valence-corrected chi connectivity index (χ2v) is 5.93. The van der Waals surface area contributed by atoms with Crippen LogP contribution in [0, 0.1) is 5.92 Å². The maximum atomic E-state index is 11.4. The highest BCUT2D eigenvalue weighted by atomic mass is 16.1. The summed E-state index contributed by atoms with van der Waals surface area (Å²) in [7, 11) is 0. The summed E-state index contributed by atoms with van der Waals surface area (Å²) in [6, 6.07) is 8.71. The molecule has 20 heavy (non-hydrogen) atoms. The lowest BCUT2D eigenvalue weighted by molar-refractivity contribution is -0.121. The van der Waals surface area contributed by atoms with E-state index in [1.807, 2.05) is 13.8 Å². The highest BCUT2D eigenvalue weighted by molar-refractivity contribution is 5.76. The smallest absolute Gasteiger partial charge is 0.220 e. The van der Waals surface area contributed by atoms with E-state index in [1.165, 1.54) is 24.1 Å². The van der Waals surface area contributed by atoms with Gasteiger partial charge >= 0.3 is 0 Å². The quantitative estimate of drug-likeness (QED) is 0.911. The number of nitrogens with one attached hydrogen (secondary N) is 1. The van der Waals surface area contributed by atoms with Crippen molar-refractivity contribution in [1.29, 1.82) is 0 Å². The van der Waals surface area contributed by atoms with Crippen molar-refractivity contribution in [1.82, 2.24) is 5.32 Å². The molecule has 0 bridgehead atoms. The van der Waals surface area contributed by atoms with Gasteiger partial charge in [-0.25, -0.2) is 0 Å². The van der Waals surface area contributed by atoms with Gasteiger partial charge in [0.25, 0.3) is 0 Å². The van der Waals surface area contributed by atoms with Crippen LogP contribution in [0.5, 0.6) is 0 Å². The summed E-state index contributed by atoms with van der Waals surface area (Å²) in [4.78, 5) is 13.9. The van der Waals surface area contributed by atoms with Gasteiger partial charge in [0.05, 0.1) is 6.04 Å². The second kappa shape index (κ2) is 6.78. The first kappa shape index (κ1) is 14.9. The normalized spacial score (nSPS) is 20.6. The Hall–Kier alpha value is -1.51. The fourth-order valence-electron chi connectivity index (χ4n) is 2.82. The number of carbonyl (C=O) groups is 1. The summed E-state index contributed by atoms with van der Waals surface area (Å²) in [5.41, 5.74) is 2.47. The monoisotopic (exact) mass is 274 g/mol. The lowest BCUT2D eigenvalue weighted by Gasteiger charge is -2.33. The van der Waals surface area contributed by atoms with Crippen LogP contribution in [0.4, 0.5) is 5.69 Å². The molecular formula is C17H26N2O. The third-order valence-electron chi connectivity index (χ3n) is 4.11. The molecule has 1 aliphatic rings. The van der Waals surface area contributed by atoms with Crippen LogP contribution in [0.1, 0.15) is 51.6 Å². The fourth-order valence-corrected chi connectivity index (χ4v) is 2.82.